The third-order valence-electron chi connectivity index (χ3n) is 1.87. The summed E-state index contributed by atoms with van der Waals surface area (Å²) in [6.45, 7) is 1.64. The van der Waals surface area contributed by atoms with E-state index >= 15 is 0 Å². The number of fused-ring (bicyclic) bond motifs is 1. The van der Waals surface area contributed by atoms with Crippen molar-refractivity contribution in [1.82, 2.24) is 0 Å². The van der Waals surface area contributed by atoms with Crippen molar-refractivity contribution in [2.24, 2.45) is 0 Å². The van der Waals surface area contributed by atoms with Crippen LogP contribution in [0.5, 0.6) is 0 Å². The van der Waals surface area contributed by atoms with Crippen molar-refractivity contribution in [3.05, 3.63) is 10.4 Å². The van der Waals surface area contributed by atoms with Crippen molar-refractivity contribution < 1.29 is 4.79 Å². The van der Waals surface area contributed by atoms with E-state index in [9.17, 15) is 4.79 Å². The van der Waals surface area contributed by atoms with Gasteiger partial charge < -0.3 is 0 Å². The number of hydrogen-bond acceptors (Lipinski definition) is 3. The third-order valence-corrected chi connectivity index (χ3v) is 5.89. The molecular formula is C8H9OS3+. The lowest BCUT2D eigenvalue weighted by Gasteiger charge is -1.85. The van der Waals surface area contributed by atoms with Crippen LogP contribution in [0.1, 0.15) is 23.8 Å². The van der Waals surface area contributed by atoms with Gasteiger partial charge in [0, 0.05) is 24.2 Å². The van der Waals surface area contributed by atoms with E-state index in [0.717, 1.165) is 0 Å². The van der Waals surface area contributed by atoms with E-state index in [0.29, 0.717) is 0 Å². The fourth-order valence-electron chi connectivity index (χ4n) is 1.37. The van der Waals surface area contributed by atoms with Gasteiger partial charge in [-0.15, -0.1) is 0 Å². The zero-order valence-corrected chi connectivity index (χ0v) is 9.20. The van der Waals surface area contributed by atoms with E-state index in [1.807, 2.05) is 10.3 Å². The van der Waals surface area contributed by atoms with Crippen molar-refractivity contribution in [3.8, 4) is 0 Å². The molecule has 0 amide bonds. The molecule has 0 radical (unpaired) electrons. The molecule has 1 aliphatic carbocycles. The van der Waals surface area contributed by atoms with Crippen molar-refractivity contribution in [3.63, 3.8) is 0 Å². The lowest BCUT2D eigenvalue weighted by molar-refractivity contribution is -0.109. The van der Waals surface area contributed by atoms with Gasteiger partial charge in [-0.05, 0) is 19.3 Å². The molecule has 12 heavy (non-hydrogen) atoms. The minimum atomic E-state index is 0.207. The minimum Gasteiger partial charge on any atom is -0.287 e. The van der Waals surface area contributed by atoms with Gasteiger partial charge in [-0.3, -0.25) is 4.79 Å². The molecule has 1 aromatic heterocycles. The Bertz CT molecular complexity index is 316. The summed E-state index contributed by atoms with van der Waals surface area (Å²) in [5.74, 6) is 0. The van der Waals surface area contributed by atoms with Crippen LogP contribution >= 0.6 is 32.4 Å². The lowest BCUT2D eigenvalue weighted by Crippen LogP contribution is -1.82. The van der Waals surface area contributed by atoms with Crippen molar-refractivity contribution >= 4 is 37.6 Å². The Morgan fingerprint density at radius 3 is 3.17 bits per heavy atom. The van der Waals surface area contributed by atoms with E-state index in [-0.39, 0.29) is 5.12 Å². The van der Waals surface area contributed by atoms with Gasteiger partial charge in [0.2, 0.25) is 0 Å². The van der Waals surface area contributed by atoms with Crippen molar-refractivity contribution in [2.75, 3.05) is 0 Å². The van der Waals surface area contributed by atoms with Gasteiger partial charge in [0.05, 0.1) is 4.88 Å². The van der Waals surface area contributed by atoms with E-state index < -0.39 is 0 Å². The first kappa shape index (κ1) is 8.66. The van der Waals surface area contributed by atoms with E-state index in [4.69, 9.17) is 0 Å². The summed E-state index contributed by atoms with van der Waals surface area (Å²) >= 11 is 1.40. The van der Waals surface area contributed by atoms with E-state index in [1.54, 1.807) is 17.3 Å². The Kier molecular flexibility index (Phi) is 2.48. The van der Waals surface area contributed by atoms with Crippen LogP contribution in [0.2, 0.25) is 0 Å². The van der Waals surface area contributed by atoms with Gasteiger partial charge in [0.15, 0.2) is 15.5 Å². The molecule has 1 aliphatic rings. The Balaban J connectivity index is 2.27. The number of carbonyl (C=O) groups is 1. The lowest BCUT2D eigenvalue weighted by atomic mass is 10.3. The summed E-state index contributed by atoms with van der Waals surface area (Å²) in [4.78, 5) is 12.4. The van der Waals surface area contributed by atoms with Gasteiger partial charge in [-0.1, -0.05) is 0 Å². The molecule has 64 valence electrons. The highest BCUT2D eigenvalue weighted by molar-refractivity contribution is 8.15. The van der Waals surface area contributed by atoms with Crippen LogP contribution in [0, 0.1) is 0 Å². The minimum absolute atomic E-state index is 0.207. The number of aryl methyl sites for hydroxylation is 1. The van der Waals surface area contributed by atoms with Gasteiger partial charge in [0.1, 0.15) is 0 Å². The van der Waals surface area contributed by atoms with E-state index in [2.05, 4.69) is 0 Å². The van der Waals surface area contributed by atoms with E-state index in [1.165, 1.54) is 45.7 Å². The van der Waals surface area contributed by atoms with Gasteiger partial charge in [-0.25, -0.2) is 0 Å². The largest absolute Gasteiger partial charge is 0.308 e. The van der Waals surface area contributed by atoms with Crippen molar-refractivity contribution in [2.45, 2.75) is 30.4 Å². The van der Waals surface area contributed by atoms with Gasteiger partial charge in [-0.2, -0.15) is 0 Å². The zero-order chi connectivity index (χ0) is 8.55. The summed E-state index contributed by atoms with van der Waals surface area (Å²) in [7, 11) is 3.61. The van der Waals surface area contributed by atoms with Crippen molar-refractivity contribution in [1.29, 1.82) is 0 Å². The molecule has 0 spiro atoms. The van der Waals surface area contributed by atoms with Crippen LogP contribution in [-0.2, 0) is 17.6 Å². The molecule has 4 heteroatoms. The first-order valence-corrected chi connectivity index (χ1v) is 6.86. The molecule has 1 nitrogen and oxygen atoms in total. The predicted octanol–water partition coefficient (Wildman–Crippen LogP) is 3.22. The third kappa shape index (κ3) is 1.56. The molecule has 0 saturated carbocycles. The average Bonchev–Trinajstić information content (AvgIpc) is 2.52. The van der Waals surface area contributed by atoms with Crippen LogP contribution in [0.25, 0.3) is 0 Å². The Hall–Kier alpha value is 0.0700. The summed E-state index contributed by atoms with van der Waals surface area (Å²) in [6, 6.07) is 0. The second-order valence-corrected chi connectivity index (χ2v) is 6.48. The molecule has 0 N–H and O–H groups in total. The normalized spacial score (nSPS) is 14.8. The average molecular weight is 217 g/mol. The van der Waals surface area contributed by atoms with Crippen LogP contribution in [0.3, 0.4) is 0 Å². The fraction of sp³-hybridized carbons (Fsp3) is 0.500. The molecule has 0 aromatic carbocycles. The first-order valence-electron chi connectivity index (χ1n) is 3.89. The Morgan fingerprint density at radius 2 is 2.42 bits per heavy atom. The molecule has 0 aliphatic heterocycles. The number of thioether (sulfide) groups is 1. The Morgan fingerprint density at radius 1 is 1.58 bits per heavy atom. The molecular weight excluding hydrogens is 208 g/mol. The standard InChI is InChI=1S/C8H9OS3/c1-5(9)10-8-6-3-2-4-7(6)11-12-8/h2-4H2,1H3/q+1. The van der Waals surface area contributed by atoms with Crippen LogP contribution in [0.4, 0.5) is 0 Å². The topological polar surface area (TPSA) is 17.1 Å². The summed E-state index contributed by atoms with van der Waals surface area (Å²) in [5.41, 5.74) is 1.46. The monoisotopic (exact) mass is 217 g/mol. The second-order valence-electron chi connectivity index (χ2n) is 2.80. The molecule has 1 heterocycles. The molecule has 0 saturated heterocycles. The zero-order valence-electron chi connectivity index (χ0n) is 6.75. The second kappa shape index (κ2) is 3.44. The SMILES string of the molecule is CC(=O)Sc1[s+]sc2c1CCC2. The number of carbonyl (C=O) groups excluding carboxylic acids is 1. The molecule has 2 rings (SSSR count). The van der Waals surface area contributed by atoms with Crippen LogP contribution < -0.4 is 0 Å². The maximum absolute atomic E-state index is 10.9. The highest BCUT2D eigenvalue weighted by Crippen LogP contribution is 2.41. The fourth-order valence-corrected chi connectivity index (χ4v) is 5.63. The molecule has 1 aromatic rings. The highest BCUT2D eigenvalue weighted by atomic mass is 32.9. The predicted molar refractivity (Wildman–Crippen MR) is 55.2 cm³/mol. The van der Waals surface area contributed by atoms with Crippen LogP contribution in [0.15, 0.2) is 4.21 Å². The summed E-state index contributed by atoms with van der Waals surface area (Å²) < 4.78 is 1.25. The number of hydrogen-bond donors (Lipinski definition) is 0. The maximum Gasteiger partial charge on any atom is 0.308 e. The van der Waals surface area contributed by atoms with Crippen LogP contribution in [-0.4, -0.2) is 5.12 Å². The maximum atomic E-state index is 10.9. The molecule has 0 bridgehead atoms. The molecule has 0 unspecified atom stereocenters. The molecule has 0 fully saturated rings. The Labute approximate surface area is 83.2 Å². The number of rotatable bonds is 1. The van der Waals surface area contributed by atoms with Gasteiger partial charge >= 0.3 is 10.3 Å². The smallest absolute Gasteiger partial charge is 0.287 e. The quantitative estimate of drug-likeness (QED) is 0.408. The summed E-state index contributed by atoms with van der Waals surface area (Å²) in [6.07, 6.45) is 3.69. The first-order chi connectivity index (χ1) is 5.77. The van der Waals surface area contributed by atoms with Gasteiger partial charge in [0.25, 0.3) is 4.21 Å². The highest BCUT2D eigenvalue weighted by Gasteiger charge is 2.28. The molecule has 0 atom stereocenters. The summed E-state index contributed by atoms with van der Waals surface area (Å²) in [5, 5.41) is 0.207.